The lowest BCUT2D eigenvalue weighted by Gasteiger charge is -2.37. The van der Waals surface area contributed by atoms with Gasteiger partial charge in [0.1, 0.15) is 18.6 Å². The standard InChI is InChI=1S/C34H35F3N8O5/c1-4-25-29(43-8-10-44(11-9-43)33(49)28-30(47)20(3)39-18-40-28)31(48)27-32(38-15-23(41-27)14-21-7-12-50-17-21)45(25)16-26(46)42-24-6-5-22(13-19(24)2)34(35,36)37/h5-6,13-15,18,47H,4,7-12,16-17H2,1-3H3,(H,42,46)/b21-14+. The first-order valence-corrected chi connectivity index (χ1v) is 16.1. The minimum absolute atomic E-state index is 0.0452. The Hall–Kier alpha value is -5.38. The molecule has 2 saturated heterocycles. The zero-order valence-corrected chi connectivity index (χ0v) is 27.7. The van der Waals surface area contributed by atoms with Gasteiger partial charge in [-0.05, 0) is 62.1 Å². The summed E-state index contributed by atoms with van der Waals surface area (Å²) in [5.74, 6) is -1.29. The molecule has 0 atom stereocenters. The van der Waals surface area contributed by atoms with E-state index < -0.39 is 23.6 Å². The predicted octanol–water partition coefficient (Wildman–Crippen LogP) is 3.89. The van der Waals surface area contributed by atoms with Crippen molar-refractivity contribution in [1.82, 2.24) is 29.4 Å². The molecule has 262 valence electrons. The summed E-state index contributed by atoms with van der Waals surface area (Å²) in [6.45, 7) is 6.56. The lowest BCUT2D eigenvalue weighted by atomic mass is 10.1. The Morgan fingerprint density at radius 1 is 1.10 bits per heavy atom. The van der Waals surface area contributed by atoms with Gasteiger partial charge in [-0.15, -0.1) is 0 Å². The molecule has 0 radical (unpaired) electrons. The molecular weight excluding hydrogens is 657 g/mol. The highest BCUT2D eigenvalue weighted by molar-refractivity contribution is 5.95. The molecule has 13 nitrogen and oxygen atoms in total. The molecule has 0 aliphatic carbocycles. The first-order valence-electron chi connectivity index (χ1n) is 16.1. The van der Waals surface area contributed by atoms with E-state index in [0.717, 1.165) is 24.1 Å². The number of aromatic nitrogens is 5. The van der Waals surface area contributed by atoms with E-state index >= 15 is 0 Å². The average molecular weight is 693 g/mol. The summed E-state index contributed by atoms with van der Waals surface area (Å²) in [7, 11) is 0. The van der Waals surface area contributed by atoms with Crippen LogP contribution in [0.1, 0.15) is 52.0 Å². The molecule has 4 aromatic rings. The number of hydrogen-bond acceptors (Lipinski definition) is 10. The molecule has 0 spiro atoms. The van der Waals surface area contributed by atoms with Crippen LogP contribution in [0.15, 0.2) is 41.1 Å². The van der Waals surface area contributed by atoms with Gasteiger partial charge in [-0.2, -0.15) is 13.2 Å². The molecule has 0 bridgehead atoms. The number of halogens is 3. The highest BCUT2D eigenvalue weighted by Crippen LogP contribution is 2.32. The van der Waals surface area contributed by atoms with Crippen molar-refractivity contribution in [3.63, 3.8) is 0 Å². The predicted molar refractivity (Wildman–Crippen MR) is 178 cm³/mol. The van der Waals surface area contributed by atoms with Crippen molar-refractivity contribution in [2.75, 3.05) is 49.6 Å². The number of fused-ring (bicyclic) bond motifs is 1. The average Bonchev–Trinajstić information content (AvgIpc) is 3.60. The Morgan fingerprint density at radius 3 is 2.52 bits per heavy atom. The minimum Gasteiger partial charge on any atom is -0.504 e. The molecule has 5 heterocycles. The van der Waals surface area contributed by atoms with Crippen LogP contribution in [0.3, 0.4) is 0 Å². The van der Waals surface area contributed by atoms with Crippen LogP contribution >= 0.6 is 0 Å². The summed E-state index contributed by atoms with van der Waals surface area (Å²) < 4.78 is 46.8. The topological polar surface area (TPSA) is 156 Å². The number of nitrogens with one attached hydrogen (secondary N) is 1. The number of pyridine rings is 1. The summed E-state index contributed by atoms with van der Waals surface area (Å²) in [5.41, 5.74) is 1.93. The second kappa shape index (κ2) is 13.9. The number of aromatic hydroxyl groups is 1. The third-order valence-electron chi connectivity index (χ3n) is 8.82. The molecule has 2 amide bonds. The van der Waals surface area contributed by atoms with Crippen LogP contribution in [0.5, 0.6) is 5.75 Å². The Labute approximate surface area is 284 Å². The van der Waals surface area contributed by atoms with Gasteiger partial charge < -0.3 is 29.5 Å². The van der Waals surface area contributed by atoms with Crippen molar-refractivity contribution in [3.8, 4) is 5.75 Å². The first-order chi connectivity index (χ1) is 23.8. The maximum Gasteiger partial charge on any atom is 0.416 e. The van der Waals surface area contributed by atoms with Crippen molar-refractivity contribution in [1.29, 1.82) is 0 Å². The van der Waals surface area contributed by atoms with E-state index in [1.807, 2.05) is 17.9 Å². The number of alkyl halides is 3. The Morgan fingerprint density at radius 2 is 1.86 bits per heavy atom. The number of anilines is 2. The zero-order chi connectivity index (χ0) is 35.7. The lowest BCUT2D eigenvalue weighted by molar-refractivity contribution is -0.137. The molecule has 0 saturated carbocycles. The highest BCUT2D eigenvalue weighted by Gasteiger charge is 2.32. The van der Waals surface area contributed by atoms with E-state index in [1.54, 1.807) is 11.5 Å². The fourth-order valence-electron chi connectivity index (χ4n) is 6.19. The Balaban J connectivity index is 1.35. The van der Waals surface area contributed by atoms with Crippen molar-refractivity contribution in [2.24, 2.45) is 0 Å². The van der Waals surface area contributed by atoms with E-state index in [0.29, 0.717) is 36.7 Å². The number of carbonyl (C=O) groups excluding carboxylic acids is 2. The molecule has 50 heavy (non-hydrogen) atoms. The number of rotatable bonds is 7. The first kappa shape index (κ1) is 34.5. The van der Waals surface area contributed by atoms with Gasteiger partial charge >= 0.3 is 6.18 Å². The van der Waals surface area contributed by atoms with Crippen molar-refractivity contribution >= 4 is 40.4 Å². The van der Waals surface area contributed by atoms with E-state index in [2.05, 4.69) is 25.3 Å². The van der Waals surface area contributed by atoms with Crippen LogP contribution in [-0.4, -0.2) is 85.7 Å². The number of ether oxygens (including phenoxy) is 1. The molecule has 1 aromatic carbocycles. The quantitative estimate of drug-likeness (QED) is 0.292. The van der Waals surface area contributed by atoms with Crippen LogP contribution in [0, 0.1) is 13.8 Å². The Kier molecular flexibility index (Phi) is 9.56. The third-order valence-corrected chi connectivity index (χ3v) is 8.82. The third kappa shape index (κ3) is 6.88. The smallest absolute Gasteiger partial charge is 0.416 e. The molecule has 16 heteroatoms. The number of aryl methyl sites for hydroxylation is 2. The summed E-state index contributed by atoms with van der Waals surface area (Å²) >= 11 is 0. The van der Waals surface area contributed by atoms with Crippen molar-refractivity contribution in [3.05, 3.63) is 80.4 Å². The van der Waals surface area contributed by atoms with Gasteiger partial charge in [0, 0.05) is 37.6 Å². The maximum atomic E-state index is 14.3. The molecular formula is C34H35F3N8O5. The highest BCUT2D eigenvalue weighted by atomic mass is 19.4. The fourth-order valence-corrected chi connectivity index (χ4v) is 6.19. The maximum absolute atomic E-state index is 14.3. The van der Waals surface area contributed by atoms with E-state index in [4.69, 9.17) is 4.74 Å². The molecule has 0 unspecified atom stereocenters. The van der Waals surface area contributed by atoms with Crippen molar-refractivity contribution in [2.45, 2.75) is 46.3 Å². The number of carbonyl (C=O) groups is 2. The summed E-state index contributed by atoms with van der Waals surface area (Å²) in [6.07, 6.45) is 1.08. The van der Waals surface area contributed by atoms with Gasteiger partial charge in [0.05, 0.1) is 36.4 Å². The lowest BCUT2D eigenvalue weighted by Crippen LogP contribution is -2.50. The summed E-state index contributed by atoms with van der Waals surface area (Å²) in [6, 6.07) is 3.08. The molecule has 2 aliphatic heterocycles. The zero-order valence-electron chi connectivity index (χ0n) is 27.7. The van der Waals surface area contributed by atoms with Gasteiger partial charge in [0.2, 0.25) is 11.3 Å². The number of amides is 2. The largest absolute Gasteiger partial charge is 0.504 e. The van der Waals surface area contributed by atoms with E-state index in [1.165, 1.54) is 30.4 Å². The molecule has 3 aromatic heterocycles. The van der Waals surface area contributed by atoms with Crippen LogP contribution in [-0.2, 0) is 28.7 Å². The van der Waals surface area contributed by atoms with Crippen LogP contribution < -0.4 is 15.6 Å². The second-order valence-corrected chi connectivity index (χ2v) is 12.1. The molecule has 6 rings (SSSR count). The molecule has 2 fully saturated rings. The summed E-state index contributed by atoms with van der Waals surface area (Å²) in [5, 5.41) is 13.1. The van der Waals surface area contributed by atoms with Crippen molar-refractivity contribution < 1.29 is 32.6 Å². The molecule has 2 aliphatic rings. The van der Waals surface area contributed by atoms with Gasteiger partial charge in [-0.3, -0.25) is 14.4 Å². The van der Waals surface area contributed by atoms with Crippen LogP contribution in [0.2, 0.25) is 0 Å². The minimum atomic E-state index is -4.53. The van der Waals surface area contributed by atoms with Crippen LogP contribution in [0.4, 0.5) is 24.5 Å². The fraction of sp³-hybridized carbons (Fsp3) is 0.382. The van der Waals surface area contributed by atoms with Gasteiger partial charge in [0.15, 0.2) is 22.6 Å². The number of nitrogens with zero attached hydrogens (tertiary/aromatic N) is 7. The number of benzene rings is 1. The number of hydrogen-bond donors (Lipinski definition) is 2. The normalized spacial score (nSPS) is 16.0. The van der Waals surface area contributed by atoms with E-state index in [-0.39, 0.29) is 77.7 Å². The van der Waals surface area contributed by atoms with Crippen LogP contribution in [0.25, 0.3) is 17.2 Å². The van der Waals surface area contributed by atoms with Gasteiger partial charge in [-0.25, -0.2) is 19.9 Å². The Bertz CT molecular complexity index is 2060. The number of piperazine rings is 1. The van der Waals surface area contributed by atoms with Gasteiger partial charge in [-0.1, -0.05) is 6.92 Å². The van der Waals surface area contributed by atoms with Gasteiger partial charge in [0.25, 0.3) is 5.91 Å². The molecule has 2 N–H and O–H groups in total. The SMILES string of the molecule is CCc1c(N2CCN(C(=O)c3ncnc(C)c3O)CC2)c(=O)c2nc(/C=C3\CCOC3)cnc2n1CC(=O)Nc1ccc(C(F)(F)F)cc1C. The van der Waals surface area contributed by atoms with E-state index in [9.17, 15) is 32.7 Å². The second-order valence-electron chi connectivity index (χ2n) is 12.1. The monoisotopic (exact) mass is 692 g/mol. The summed E-state index contributed by atoms with van der Waals surface area (Å²) in [4.78, 5) is 61.5.